The van der Waals surface area contributed by atoms with Crippen molar-refractivity contribution in [3.8, 4) is 5.69 Å². The van der Waals surface area contributed by atoms with Gasteiger partial charge in [-0.05, 0) is 37.3 Å². The molecule has 3 aromatic rings. The average Bonchev–Trinajstić information content (AvgIpc) is 3.15. The van der Waals surface area contributed by atoms with Gasteiger partial charge in [0.2, 0.25) is 10.0 Å². The molecule has 2 heterocycles. The Bertz CT molecular complexity index is 1170. The summed E-state index contributed by atoms with van der Waals surface area (Å²) in [5, 5.41) is 4.43. The Kier molecular flexibility index (Phi) is 5.40. The second-order valence-electron chi connectivity index (χ2n) is 7.05. The van der Waals surface area contributed by atoms with Crippen molar-refractivity contribution in [2.24, 2.45) is 0 Å². The van der Waals surface area contributed by atoms with E-state index in [1.54, 1.807) is 15.6 Å². The van der Waals surface area contributed by atoms with Crippen LogP contribution in [0.15, 0.2) is 65.6 Å². The number of halogens is 1. The van der Waals surface area contributed by atoms with Crippen molar-refractivity contribution in [1.82, 2.24) is 19.0 Å². The molecule has 1 saturated heterocycles. The Balaban J connectivity index is 1.47. The van der Waals surface area contributed by atoms with Crippen molar-refractivity contribution < 1.29 is 17.6 Å². The molecule has 156 valence electrons. The highest BCUT2D eigenvalue weighted by atomic mass is 32.2. The standard InChI is InChI=1S/C21H21FN4O3S/c1-16-15-19(23-26(16)17-7-3-2-4-8-17)21(27)24-11-13-25(14-12-24)30(28,29)20-10-6-5-9-18(20)22/h2-10,15H,11-14H2,1H3. The number of sulfonamides is 1. The topological polar surface area (TPSA) is 75.5 Å². The van der Waals surface area contributed by atoms with Crippen molar-refractivity contribution in [3.63, 3.8) is 0 Å². The van der Waals surface area contributed by atoms with Crippen molar-refractivity contribution in [2.45, 2.75) is 11.8 Å². The molecule has 0 N–H and O–H groups in total. The molecule has 1 fully saturated rings. The number of piperazine rings is 1. The maximum Gasteiger partial charge on any atom is 0.274 e. The first-order chi connectivity index (χ1) is 14.4. The van der Waals surface area contributed by atoms with E-state index in [9.17, 15) is 17.6 Å². The molecule has 1 aliphatic heterocycles. The molecular formula is C21H21FN4O3S. The molecule has 0 aliphatic carbocycles. The number of para-hydroxylation sites is 1. The summed E-state index contributed by atoms with van der Waals surface area (Å²) in [5.41, 5.74) is 1.99. The molecule has 1 aliphatic rings. The fraction of sp³-hybridized carbons (Fsp3) is 0.238. The molecule has 1 amide bonds. The van der Waals surface area contributed by atoms with E-state index in [0.29, 0.717) is 5.69 Å². The lowest BCUT2D eigenvalue weighted by Gasteiger charge is -2.33. The lowest BCUT2D eigenvalue weighted by molar-refractivity contribution is 0.0691. The van der Waals surface area contributed by atoms with Gasteiger partial charge in [0, 0.05) is 31.9 Å². The van der Waals surface area contributed by atoms with Crippen LogP contribution in [0.5, 0.6) is 0 Å². The van der Waals surface area contributed by atoms with E-state index in [4.69, 9.17) is 0 Å². The Morgan fingerprint density at radius 3 is 2.27 bits per heavy atom. The van der Waals surface area contributed by atoms with Crippen LogP contribution < -0.4 is 0 Å². The van der Waals surface area contributed by atoms with Gasteiger partial charge in [-0.1, -0.05) is 30.3 Å². The Hall–Kier alpha value is -3.04. The Morgan fingerprint density at radius 1 is 0.967 bits per heavy atom. The highest BCUT2D eigenvalue weighted by Crippen LogP contribution is 2.21. The summed E-state index contributed by atoms with van der Waals surface area (Å²) in [4.78, 5) is 14.1. The molecular weight excluding hydrogens is 407 g/mol. The largest absolute Gasteiger partial charge is 0.335 e. The molecule has 2 aromatic carbocycles. The number of rotatable bonds is 4. The summed E-state index contributed by atoms with van der Waals surface area (Å²) in [6.07, 6.45) is 0. The van der Waals surface area contributed by atoms with Crippen molar-refractivity contribution >= 4 is 15.9 Å². The minimum Gasteiger partial charge on any atom is -0.335 e. The number of amides is 1. The van der Waals surface area contributed by atoms with Gasteiger partial charge in [-0.3, -0.25) is 4.79 Å². The maximum atomic E-state index is 14.0. The number of carbonyl (C=O) groups is 1. The predicted molar refractivity (Wildman–Crippen MR) is 109 cm³/mol. The zero-order chi connectivity index (χ0) is 21.3. The van der Waals surface area contributed by atoms with E-state index in [-0.39, 0.29) is 37.0 Å². The van der Waals surface area contributed by atoms with Crippen LogP contribution in [0, 0.1) is 12.7 Å². The van der Waals surface area contributed by atoms with Crippen LogP contribution in [0.4, 0.5) is 4.39 Å². The third-order valence-electron chi connectivity index (χ3n) is 5.09. The number of aromatic nitrogens is 2. The van der Waals surface area contributed by atoms with Crippen molar-refractivity contribution in [1.29, 1.82) is 0 Å². The third kappa shape index (κ3) is 3.73. The van der Waals surface area contributed by atoms with Gasteiger partial charge < -0.3 is 4.90 Å². The highest BCUT2D eigenvalue weighted by molar-refractivity contribution is 7.89. The number of benzene rings is 2. The summed E-state index contributed by atoms with van der Waals surface area (Å²) in [6.45, 7) is 2.49. The fourth-order valence-corrected chi connectivity index (χ4v) is 4.98. The normalized spacial score (nSPS) is 15.3. The number of carbonyl (C=O) groups excluding carboxylic acids is 1. The summed E-state index contributed by atoms with van der Waals surface area (Å²) < 4.78 is 42.3. The summed E-state index contributed by atoms with van der Waals surface area (Å²) in [6, 6.07) is 16.5. The molecule has 0 atom stereocenters. The quantitative estimate of drug-likeness (QED) is 0.640. The van der Waals surface area contributed by atoms with Gasteiger partial charge in [-0.25, -0.2) is 17.5 Å². The first-order valence-corrected chi connectivity index (χ1v) is 11.0. The molecule has 0 bridgehead atoms. The summed E-state index contributed by atoms with van der Waals surface area (Å²) in [5.74, 6) is -1.03. The number of hydrogen-bond acceptors (Lipinski definition) is 4. The van der Waals surface area contributed by atoms with Gasteiger partial charge in [0.15, 0.2) is 5.69 Å². The lowest BCUT2D eigenvalue weighted by atomic mass is 10.3. The predicted octanol–water partition coefficient (Wildman–Crippen LogP) is 2.47. The molecule has 0 unspecified atom stereocenters. The van der Waals surface area contributed by atoms with E-state index >= 15 is 0 Å². The summed E-state index contributed by atoms with van der Waals surface area (Å²) >= 11 is 0. The van der Waals surface area contributed by atoms with Crippen molar-refractivity contribution in [3.05, 3.63) is 77.9 Å². The van der Waals surface area contributed by atoms with Crippen LogP contribution >= 0.6 is 0 Å². The van der Waals surface area contributed by atoms with Gasteiger partial charge in [-0.15, -0.1) is 0 Å². The second-order valence-corrected chi connectivity index (χ2v) is 8.95. The molecule has 4 rings (SSSR count). The van der Waals surface area contributed by atoms with Crippen LogP contribution in [0.1, 0.15) is 16.2 Å². The van der Waals surface area contributed by atoms with Crippen LogP contribution in [-0.4, -0.2) is 59.5 Å². The number of hydrogen-bond donors (Lipinski definition) is 0. The fourth-order valence-electron chi connectivity index (χ4n) is 3.50. The van der Waals surface area contributed by atoms with E-state index in [1.165, 1.54) is 22.5 Å². The highest BCUT2D eigenvalue weighted by Gasteiger charge is 2.32. The van der Waals surface area contributed by atoms with Gasteiger partial charge in [0.25, 0.3) is 5.91 Å². The second kappa shape index (κ2) is 8.00. The van der Waals surface area contributed by atoms with Gasteiger partial charge in [0.05, 0.1) is 5.69 Å². The molecule has 7 nitrogen and oxygen atoms in total. The van der Waals surface area contributed by atoms with E-state index in [0.717, 1.165) is 17.4 Å². The maximum absolute atomic E-state index is 14.0. The Morgan fingerprint density at radius 2 is 1.60 bits per heavy atom. The minimum absolute atomic E-state index is 0.0980. The smallest absolute Gasteiger partial charge is 0.274 e. The van der Waals surface area contributed by atoms with Gasteiger partial charge in [0.1, 0.15) is 10.7 Å². The average molecular weight is 428 g/mol. The van der Waals surface area contributed by atoms with Crippen LogP contribution in [0.3, 0.4) is 0 Å². The van der Waals surface area contributed by atoms with Crippen molar-refractivity contribution in [2.75, 3.05) is 26.2 Å². The van der Waals surface area contributed by atoms with Gasteiger partial charge >= 0.3 is 0 Å². The zero-order valence-corrected chi connectivity index (χ0v) is 17.2. The zero-order valence-electron chi connectivity index (χ0n) is 16.4. The lowest BCUT2D eigenvalue weighted by Crippen LogP contribution is -2.50. The minimum atomic E-state index is -3.94. The first-order valence-electron chi connectivity index (χ1n) is 9.54. The van der Waals surface area contributed by atoms with Crippen LogP contribution in [0.25, 0.3) is 5.69 Å². The first kappa shape index (κ1) is 20.2. The number of nitrogens with zero attached hydrogens (tertiary/aromatic N) is 4. The molecule has 0 radical (unpaired) electrons. The SMILES string of the molecule is Cc1cc(C(=O)N2CCN(S(=O)(=O)c3ccccc3F)CC2)nn1-c1ccccc1. The molecule has 9 heteroatoms. The summed E-state index contributed by atoms with van der Waals surface area (Å²) in [7, 11) is -3.94. The molecule has 1 aromatic heterocycles. The van der Waals surface area contributed by atoms with E-state index in [2.05, 4.69) is 5.10 Å². The Labute approximate surface area is 174 Å². The third-order valence-corrected chi connectivity index (χ3v) is 7.02. The van der Waals surface area contributed by atoms with Gasteiger partial charge in [-0.2, -0.15) is 9.40 Å². The molecule has 30 heavy (non-hydrogen) atoms. The number of aryl methyl sites for hydroxylation is 1. The molecule has 0 saturated carbocycles. The van der Waals surface area contributed by atoms with E-state index < -0.39 is 15.8 Å². The van der Waals surface area contributed by atoms with Crippen LogP contribution in [0.2, 0.25) is 0 Å². The van der Waals surface area contributed by atoms with Crippen LogP contribution in [-0.2, 0) is 10.0 Å². The molecule has 0 spiro atoms. The monoisotopic (exact) mass is 428 g/mol. The van der Waals surface area contributed by atoms with E-state index in [1.807, 2.05) is 37.3 Å².